The molecule has 3 aliphatic carbocycles. The number of nitrogens with two attached hydrogens (primary N) is 2. The Kier molecular flexibility index (Phi) is 20.8. The van der Waals surface area contributed by atoms with Crippen molar-refractivity contribution in [2.45, 2.75) is 123 Å². The van der Waals surface area contributed by atoms with Gasteiger partial charge >= 0.3 is 19.9 Å². The van der Waals surface area contributed by atoms with Gasteiger partial charge in [0.25, 0.3) is 5.17 Å². The number of carbonyl (C=O) groups is 8. The number of Topliss-reactive ketones (excluding diaryl/α,β-unsaturated/α-hetero) is 2. The summed E-state index contributed by atoms with van der Waals surface area (Å²) in [7, 11) is -1.67. The zero-order valence-electron chi connectivity index (χ0n) is 54.4. The fourth-order valence-corrected chi connectivity index (χ4v) is 16.1. The first kappa shape index (κ1) is 70.5. The molecule has 3 aromatic carbocycles. The van der Waals surface area contributed by atoms with E-state index in [9.17, 15) is 47.9 Å². The first-order chi connectivity index (χ1) is 45.0. The van der Waals surface area contributed by atoms with E-state index in [0.29, 0.717) is 85.0 Å². The summed E-state index contributed by atoms with van der Waals surface area (Å²) in [5, 5.41) is 9.92. The van der Waals surface area contributed by atoms with Crippen LogP contribution in [0.4, 0.5) is 26.7 Å². The number of hydrogen-bond acceptors (Lipinski definition) is 14. The lowest BCUT2D eigenvalue weighted by Crippen LogP contribution is -2.49. The van der Waals surface area contributed by atoms with Gasteiger partial charge < -0.3 is 75.8 Å². The monoisotopic (exact) mass is 1390 g/mol. The molecule has 7 amide bonds. The van der Waals surface area contributed by atoms with Crippen molar-refractivity contribution >= 4 is 135 Å². The number of ketones is 2. The van der Waals surface area contributed by atoms with Gasteiger partial charge in [0.1, 0.15) is 12.4 Å². The van der Waals surface area contributed by atoms with Crippen molar-refractivity contribution < 1.29 is 66.7 Å². The number of nitrogens with zero attached hydrogens (tertiary/aromatic N) is 4. The first-order valence-electron chi connectivity index (χ1n) is 32.1. The molecule has 8 atom stereocenters. The summed E-state index contributed by atoms with van der Waals surface area (Å²) in [6, 6.07) is 8.45. The number of hydrogen-bond donors (Lipinski definition) is 9. The molecule has 3 saturated carbocycles. The molecular weight excluding hydrogens is 1300 g/mol. The van der Waals surface area contributed by atoms with Crippen LogP contribution >= 0.6 is 43.2 Å². The number of aryl methyl sites for hydroxylation is 2. The number of unbranched alkanes of at least 4 members (excludes halogenated alkanes) is 1. The lowest BCUT2D eigenvalue weighted by atomic mass is 9.72. The van der Waals surface area contributed by atoms with Crippen LogP contribution < -0.4 is 46.5 Å². The first-order valence-corrected chi connectivity index (χ1v) is 35.1. The number of urea groups is 1. The van der Waals surface area contributed by atoms with E-state index in [1.165, 1.54) is 17.9 Å². The number of thiocarbonyl (C=S) groups is 1. The summed E-state index contributed by atoms with van der Waals surface area (Å²) < 4.78 is 29.4. The zero-order valence-corrected chi connectivity index (χ0v) is 57.6. The second-order valence-corrected chi connectivity index (χ2v) is 29.0. The Balaban J connectivity index is 0.739. The van der Waals surface area contributed by atoms with Crippen molar-refractivity contribution in [2.24, 2.45) is 45.5 Å². The molecule has 3 fully saturated rings. The predicted molar refractivity (Wildman–Crippen MR) is 364 cm³/mol. The van der Waals surface area contributed by atoms with Gasteiger partial charge in [0.15, 0.2) is 17.3 Å². The molecule has 11 N–H and O–H groups in total. The van der Waals surface area contributed by atoms with Crippen LogP contribution in [-0.2, 0) is 44.7 Å². The van der Waals surface area contributed by atoms with Crippen molar-refractivity contribution in [1.82, 2.24) is 30.4 Å². The van der Waals surface area contributed by atoms with Crippen LogP contribution in [0, 0.1) is 47.8 Å². The highest BCUT2D eigenvalue weighted by Crippen LogP contribution is 3.01. The Labute approximate surface area is 565 Å². The van der Waals surface area contributed by atoms with Gasteiger partial charge in [0.2, 0.25) is 23.6 Å². The number of aromatic amines is 2. The van der Waals surface area contributed by atoms with Crippen LogP contribution in [0.1, 0.15) is 125 Å². The number of fused-ring (bicyclic) bond motifs is 6. The van der Waals surface area contributed by atoms with E-state index >= 15 is 4.79 Å². The topological polar surface area (TPSA) is 354 Å². The summed E-state index contributed by atoms with van der Waals surface area (Å²) >= 11 is 18.9. The molecule has 95 heavy (non-hydrogen) atoms. The number of anilines is 3. The van der Waals surface area contributed by atoms with Gasteiger partial charge in [-0.15, -0.1) is 23.2 Å². The highest BCUT2D eigenvalue weighted by molar-refractivity contribution is 7.80. The minimum absolute atomic E-state index is 0.0336. The number of benzene rings is 3. The van der Waals surface area contributed by atoms with Crippen LogP contribution in [0.25, 0.3) is 21.8 Å². The summed E-state index contributed by atoms with van der Waals surface area (Å²) in [5.74, 6) is -3.36. The maximum Gasteiger partial charge on any atom is 0.524 e. The smallest absolute Gasteiger partial charge is 0.466 e. The van der Waals surface area contributed by atoms with E-state index in [2.05, 4.69) is 25.9 Å². The average molecular weight is 1390 g/mol. The standard InChI is InChI=1S/C66H84Cl2N11O14PS/c1-35(2)54(75-58(83)40(21-38(5)80)11-8-9-17-69)47(81)22-41(12-10-18-71-61(70)86)57(82)74-44-15-13-39(14-16-44)31-91-63(95)77(7)20-19-76(6)62(87)92-48-23-45-52(50-36(3)27-72-55(48)50)42(25-67)29-78(45)59(84)64-32-65(34-66(64,65)33-64)60(85)79-30-43(26-68)53-46(79)24-49(93-94(88,89)90)56-51(53)37(4)28-73-56/h13-16,23-24,27-28,35,40-43,54,72-73H,8-12,17-22,25-26,29-34,69H2,1-7H3,(H,74,82)(H,75,83)(H3,70,71,86)(H2,88,89,90). The highest BCUT2D eigenvalue weighted by atomic mass is 35.5. The predicted octanol–water partition coefficient (Wildman–Crippen LogP) is 8.64. The third-order valence-electron chi connectivity index (χ3n) is 20.0. The van der Waals surface area contributed by atoms with E-state index in [-0.39, 0.29) is 128 Å². The molecule has 25 nitrogen and oxygen atoms in total. The Hall–Kier alpha value is -7.32. The zero-order chi connectivity index (χ0) is 68.8. The van der Waals surface area contributed by atoms with Gasteiger partial charge in [-0.1, -0.05) is 32.4 Å². The Morgan fingerprint density at radius 1 is 0.789 bits per heavy atom. The molecule has 0 radical (unpaired) electrons. The molecule has 0 saturated heterocycles. The maximum absolute atomic E-state index is 15.2. The number of rotatable bonds is 30. The van der Waals surface area contributed by atoms with Gasteiger partial charge in [0, 0.05) is 141 Å². The minimum Gasteiger partial charge on any atom is -0.466 e. The van der Waals surface area contributed by atoms with Gasteiger partial charge in [0.05, 0.1) is 39.3 Å². The third kappa shape index (κ3) is 13.9. The summed E-state index contributed by atoms with van der Waals surface area (Å²) in [4.78, 5) is 141. The summed E-state index contributed by atoms with van der Waals surface area (Å²) in [6.45, 7) is 10.5. The molecule has 2 aromatic heterocycles. The number of halogens is 2. The van der Waals surface area contributed by atoms with E-state index in [1.807, 2.05) is 20.0 Å². The number of nitrogens with one attached hydrogen (secondary N) is 5. The number of phosphoric ester groups is 1. The van der Waals surface area contributed by atoms with Crippen LogP contribution in [0.2, 0.25) is 0 Å². The van der Waals surface area contributed by atoms with E-state index < -0.39 is 65.9 Å². The molecule has 5 aliphatic rings. The lowest BCUT2D eigenvalue weighted by molar-refractivity contribution is -0.134. The molecule has 1 spiro atoms. The van der Waals surface area contributed by atoms with Crippen LogP contribution in [0.5, 0.6) is 11.5 Å². The normalized spacial score (nSPS) is 21.3. The molecule has 5 aromatic rings. The number of H-pyrrole nitrogens is 2. The largest absolute Gasteiger partial charge is 0.524 e. The third-order valence-corrected chi connectivity index (χ3v) is 21.6. The molecule has 512 valence electrons. The average Bonchev–Trinajstić information content (AvgIpc) is 1.40. The van der Waals surface area contributed by atoms with Crippen molar-refractivity contribution in [2.75, 3.05) is 80.2 Å². The molecule has 4 heterocycles. The van der Waals surface area contributed by atoms with E-state index in [0.717, 1.165) is 33.2 Å². The molecule has 10 rings (SSSR count). The van der Waals surface area contributed by atoms with Gasteiger partial charge in [-0.25, -0.2) is 14.2 Å². The number of primary amides is 1. The number of ether oxygens (including phenoxy) is 2. The van der Waals surface area contributed by atoms with Crippen LogP contribution in [-0.4, -0.2) is 153 Å². The van der Waals surface area contributed by atoms with Gasteiger partial charge in [-0.05, 0) is 130 Å². The van der Waals surface area contributed by atoms with Crippen molar-refractivity contribution in [3.8, 4) is 11.5 Å². The Morgan fingerprint density at radius 2 is 1.34 bits per heavy atom. The van der Waals surface area contributed by atoms with Gasteiger partial charge in [-0.2, -0.15) is 0 Å². The van der Waals surface area contributed by atoms with Crippen molar-refractivity contribution in [3.05, 3.63) is 76.6 Å². The van der Waals surface area contributed by atoms with E-state index in [4.69, 9.17) is 60.9 Å². The minimum atomic E-state index is -4.99. The number of aromatic nitrogens is 2. The highest BCUT2D eigenvalue weighted by Gasteiger charge is 3.01. The Morgan fingerprint density at radius 3 is 1.86 bits per heavy atom. The molecule has 0 bridgehead atoms. The quantitative estimate of drug-likeness (QED) is 0.00898. The van der Waals surface area contributed by atoms with Crippen molar-refractivity contribution in [3.63, 3.8) is 0 Å². The second-order valence-electron chi connectivity index (χ2n) is 26.8. The summed E-state index contributed by atoms with van der Waals surface area (Å²) in [6.07, 6.45) is 6.40. The number of carbonyl (C=O) groups excluding carboxylic acids is 8. The number of phosphoric acid groups is 1. The van der Waals surface area contributed by atoms with Crippen LogP contribution in [0.15, 0.2) is 48.8 Å². The van der Waals surface area contributed by atoms with E-state index in [1.54, 1.807) is 79.2 Å². The molecule has 8 unspecified atom stereocenters. The second kappa shape index (κ2) is 28.0. The van der Waals surface area contributed by atoms with Gasteiger partial charge in [-0.3, -0.25) is 33.8 Å². The number of alkyl halides is 2. The summed E-state index contributed by atoms with van der Waals surface area (Å²) in [5.41, 5.74) is 15.3. The van der Waals surface area contributed by atoms with Crippen LogP contribution in [0.3, 0.4) is 0 Å². The Bertz CT molecular complexity index is 3940. The number of likely N-dealkylation sites (N-methyl/N-ethyl adjacent to an activating group) is 2. The molecular formula is C66H84Cl2N11O14PS. The van der Waals surface area contributed by atoms with Crippen molar-refractivity contribution in [1.29, 1.82) is 0 Å². The lowest BCUT2D eigenvalue weighted by Gasteiger charge is -2.37. The molecule has 2 aliphatic heterocycles. The molecule has 29 heteroatoms. The SMILES string of the molecule is CC(=O)CC(CCCCN)C(=O)NC(C(=O)CC(CCCNC(N)=O)C(=O)Nc1ccc(COC(=S)N(C)CCN(C)C(=O)Oc2cc3c(c4c(C)c[nH]c24)C(CCl)CN3C(=O)C23CC4(C(=O)N5CC(CCl)c6c5cc(OP(=O)(O)O)c5[nH]cc(C)c65)CC24C3)cc1)C(C)C. The number of amides is 7. The fourth-order valence-electron chi connectivity index (χ4n) is 15.0. The fraction of sp³-hybridized carbons (Fsp3) is 0.530. The maximum atomic E-state index is 15.2.